The molecule has 2 saturated heterocycles. The molecule has 8 nitrogen and oxygen atoms in total. The first-order valence-electron chi connectivity index (χ1n) is 14.0. The third kappa shape index (κ3) is 5.76. The van der Waals surface area contributed by atoms with Gasteiger partial charge in [0.05, 0.1) is 16.2 Å². The number of amides is 1. The standard InChI is InChI=1S/C31H30Cl2FN5O3S/c1-21-18-24(34)8-10-26(21)39-17-16-38(43(41,42)29-6-2-4-22-5-3-11-35-30(22)29)20-28(39)31(40)37-14-12-36(13-15-37)27-19-23(32)7-9-25(27)33/h2-11,18-19,28H,12-17,20H2,1H3. The van der Waals surface area contributed by atoms with Gasteiger partial charge in [-0.2, -0.15) is 4.31 Å². The van der Waals surface area contributed by atoms with Crippen LogP contribution in [0, 0.1) is 12.7 Å². The topological polar surface area (TPSA) is 77.1 Å². The number of piperazine rings is 2. The van der Waals surface area contributed by atoms with Crippen LogP contribution in [0.25, 0.3) is 10.9 Å². The largest absolute Gasteiger partial charge is 0.367 e. The molecule has 0 N–H and O–H groups in total. The van der Waals surface area contributed by atoms with Gasteiger partial charge in [-0.05, 0) is 61.0 Å². The van der Waals surface area contributed by atoms with E-state index in [-0.39, 0.29) is 36.3 Å². The van der Waals surface area contributed by atoms with Crippen molar-refractivity contribution in [3.8, 4) is 0 Å². The average Bonchev–Trinajstić information content (AvgIpc) is 3.01. The number of aromatic nitrogens is 1. The Kier molecular flexibility index (Phi) is 8.21. The highest BCUT2D eigenvalue weighted by Gasteiger charge is 2.41. The number of carbonyl (C=O) groups excluding carboxylic acids is 1. The number of hydrogen-bond acceptors (Lipinski definition) is 6. The maximum atomic E-state index is 14.2. The highest BCUT2D eigenvalue weighted by molar-refractivity contribution is 7.89. The molecule has 2 aliphatic heterocycles. The number of rotatable bonds is 5. The molecule has 12 heteroatoms. The van der Waals surface area contributed by atoms with Gasteiger partial charge in [-0.3, -0.25) is 9.78 Å². The van der Waals surface area contributed by atoms with Crippen molar-refractivity contribution in [2.75, 3.05) is 55.6 Å². The fourth-order valence-corrected chi connectivity index (χ4v) is 7.95. The molecule has 4 aromatic rings. The van der Waals surface area contributed by atoms with Crippen LogP contribution >= 0.6 is 23.2 Å². The molecule has 6 rings (SSSR count). The van der Waals surface area contributed by atoms with E-state index in [1.54, 1.807) is 54.4 Å². The molecule has 0 radical (unpaired) electrons. The van der Waals surface area contributed by atoms with Crippen molar-refractivity contribution < 1.29 is 17.6 Å². The summed E-state index contributed by atoms with van der Waals surface area (Å²) in [6.45, 7) is 4.09. The van der Waals surface area contributed by atoms with Gasteiger partial charge in [0.2, 0.25) is 15.9 Å². The first-order valence-corrected chi connectivity index (χ1v) is 16.2. The fourth-order valence-electron chi connectivity index (χ4n) is 5.95. The molecular weight excluding hydrogens is 612 g/mol. The number of benzene rings is 3. The Balaban J connectivity index is 1.29. The highest BCUT2D eigenvalue weighted by Crippen LogP contribution is 2.32. The van der Waals surface area contributed by atoms with Gasteiger partial charge in [0.25, 0.3) is 0 Å². The summed E-state index contributed by atoms with van der Waals surface area (Å²) in [7, 11) is -3.98. The van der Waals surface area contributed by atoms with E-state index in [0.29, 0.717) is 53.0 Å². The molecule has 1 aromatic heterocycles. The van der Waals surface area contributed by atoms with E-state index in [1.165, 1.54) is 16.4 Å². The third-order valence-electron chi connectivity index (χ3n) is 8.15. The van der Waals surface area contributed by atoms with E-state index in [9.17, 15) is 17.6 Å². The Morgan fingerprint density at radius 3 is 2.44 bits per heavy atom. The zero-order valence-corrected chi connectivity index (χ0v) is 25.8. The second-order valence-corrected chi connectivity index (χ2v) is 13.5. The summed E-state index contributed by atoms with van der Waals surface area (Å²) < 4.78 is 43.4. The summed E-state index contributed by atoms with van der Waals surface area (Å²) in [5.41, 5.74) is 2.57. The summed E-state index contributed by atoms with van der Waals surface area (Å²) in [6, 6.07) is 17.6. The zero-order valence-electron chi connectivity index (χ0n) is 23.5. The molecule has 0 saturated carbocycles. The molecule has 3 heterocycles. The Hall–Kier alpha value is -3.44. The second kappa shape index (κ2) is 11.9. The predicted molar refractivity (Wildman–Crippen MR) is 168 cm³/mol. The Morgan fingerprint density at radius 2 is 1.67 bits per heavy atom. The van der Waals surface area contributed by atoms with Crippen LogP contribution in [0.3, 0.4) is 0 Å². The van der Waals surface area contributed by atoms with Crippen molar-refractivity contribution in [3.63, 3.8) is 0 Å². The lowest BCUT2D eigenvalue weighted by Crippen LogP contribution is -2.62. The van der Waals surface area contributed by atoms with E-state index in [1.807, 2.05) is 23.1 Å². The Bertz CT molecular complexity index is 1790. The number of sulfonamides is 1. The summed E-state index contributed by atoms with van der Waals surface area (Å²) >= 11 is 12.6. The molecule has 224 valence electrons. The van der Waals surface area contributed by atoms with E-state index < -0.39 is 16.1 Å². The smallest absolute Gasteiger partial charge is 0.246 e. The quantitative estimate of drug-likeness (QED) is 0.298. The van der Waals surface area contributed by atoms with Crippen molar-refractivity contribution in [1.29, 1.82) is 0 Å². The minimum atomic E-state index is -3.98. The number of para-hydroxylation sites is 1. The summed E-state index contributed by atoms with van der Waals surface area (Å²) in [5.74, 6) is -0.555. The summed E-state index contributed by atoms with van der Waals surface area (Å²) in [5, 5.41) is 1.88. The maximum Gasteiger partial charge on any atom is 0.246 e. The number of aryl methyl sites for hydroxylation is 1. The molecule has 2 fully saturated rings. The minimum absolute atomic E-state index is 0.0540. The summed E-state index contributed by atoms with van der Waals surface area (Å²) in [6.07, 6.45) is 1.57. The van der Waals surface area contributed by atoms with Crippen LogP contribution in [0.2, 0.25) is 10.0 Å². The first-order chi connectivity index (χ1) is 20.6. The number of hydrogen-bond donors (Lipinski definition) is 0. The molecule has 43 heavy (non-hydrogen) atoms. The van der Waals surface area contributed by atoms with Crippen LogP contribution in [-0.2, 0) is 14.8 Å². The number of nitrogens with zero attached hydrogens (tertiary/aromatic N) is 5. The lowest BCUT2D eigenvalue weighted by molar-refractivity contribution is -0.133. The second-order valence-electron chi connectivity index (χ2n) is 10.7. The van der Waals surface area contributed by atoms with Crippen molar-refractivity contribution in [3.05, 3.63) is 94.4 Å². The maximum absolute atomic E-state index is 14.2. The van der Waals surface area contributed by atoms with Crippen LogP contribution in [-0.4, -0.2) is 80.4 Å². The molecule has 0 spiro atoms. The Morgan fingerprint density at radius 1 is 0.907 bits per heavy atom. The third-order valence-corrected chi connectivity index (χ3v) is 10.6. The average molecular weight is 643 g/mol. The molecular formula is C31H30Cl2FN5O3S. The molecule has 3 aromatic carbocycles. The number of anilines is 2. The SMILES string of the molecule is Cc1cc(F)ccc1N1CCN(S(=O)(=O)c2cccc3cccnc23)CC1C(=O)N1CCN(c2cc(Cl)ccc2Cl)CC1. The van der Waals surface area contributed by atoms with E-state index in [2.05, 4.69) is 9.88 Å². The van der Waals surface area contributed by atoms with Gasteiger partial charge >= 0.3 is 0 Å². The molecule has 0 bridgehead atoms. The van der Waals surface area contributed by atoms with Gasteiger partial charge in [-0.25, -0.2) is 12.8 Å². The summed E-state index contributed by atoms with van der Waals surface area (Å²) in [4.78, 5) is 24.4. The molecule has 0 aliphatic carbocycles. The van der Waals surface area contributed by atoms with Gasteiger partial charge in [0.15, 0.2) is 0 Å². The molecule has 1 unspecified atom stereocenters. The first kappa shape index (κ1) is 29.6. The van der Waals surface area contributed by atoms with Crippen LogP contribution in [0.15, 0.2) is 77.8 Å². The zero-order chi connectivity index (χ0) is 30.3. The highest BCUT2D eigenvalue weighted by atomic mass is 35.5. The number of carbonyl (C=O) groups is 1. The van der Waals surface area contributed by atoms with Crippen LogP contribution in [0.1, 0.15) is 5.56 Å². The van der Waals surface area contributed by atoms with Crippen LogP contribution < -0.4 is 9.80 Å². The van der Waals surface area contributed by atoms with E-state index >= 15 is 0 Å². The fraction of sp³-hybridized carbons (Fsp3) is 0.290. The number of halogens is 3. The van der Waals surface area contributed by atoms with Crippen molar-refractivity contribution in [2.45, 2.75) is 17.9 Å². The van der Waals surface area contributed by atoms with Crippen molar-refractivity contribution in [2.24, 2.45) is 0 Å². The van der Waals surface area contributed by atoms with Crippen LogP contribution in [0.4, 0.5) is 15.8 Å². The van der Waals surface area contributed by atoms with E-state index in [0.717, 1.165) is 11.1 Å². The van der Waals surface area contributed by atoms with Crippen molar-refractivity contribution in [1.82, 2.24) is 14.2 Å². The minimum Gasteiger partial charge on any atom is -0.367 e. The van der Waals surface area contributed by atoms with Gasteiger partial charge in [0.1, 0.15) is 16.8 Å². The molecule has 1 amide bonds. The van der Waals surface area contributed by atoms with E-state index in [4.69, 9.17) is 23.2 Å². The van der Waals surface area contributed by atoms with Gasteiger partial charge < -0.3 is 14.7 Å². The van der Waals surface area contributed by atoms with Crippen LogP contribution in [0.5, 0.6) is 0 Å². The molecule has 2 aliphatic rings. The molecule has 1 atom stereocenters. The van der Waals surface area contributed by atoms with Gasteiger partial charge in [0, 0.05) is 68.1 Å². The lowest BCUT2D eigenvalue weighted by atomic mass is 10.1. The lowest BCUT2D eigenvalue weighted by Gasteiger charge is -2.45. The monoisotopic (exact) mass is 641 g/mol. The predicted octanol–water partition coefficient (Wildman–Crippen LogP) is 5.22. The van der Waals surface area contributed by atoms with Crippen molar-refractivity contribution >= 4 is 61.4 Å². The normalized spacial score (nSPS) is 18.3. The Labute approximate surface area is 260 Å². The van der Waals surface area contributed by atoms with Gasteiger partial charge in [-0.15, -0.1) is 0 Å². The number of pyridine rings is 1. The number of fused-ring (bicyclic) bond motifs is 1. The van der Waals surface area contributed by atoms with Gasteiger partial charge in [-0.1, -0.05) is 41.4 Å².